The molecule has 0 aromatic rings. The Bertz CT molecular complexity index is 231. The smallest absolute Gasteiger partial charge is 0.422 e. The zero-order valence-electron chi connectivity index (χ0n) is 7.07. The zero-order chi connectivity index (χ0) is 11.4. The fourth-order valence-corrected chi connectivity index (χ4v) is 0.444. The Morgan fingerprint density at radius 1 is 1.43 bits per heavy atom. The summed E-state index contributed by atoms with van der Waals surface area (Å²) in [5.74, 6) is -1.43. The van der Waals surface area contributed by atoms with Gasteiger partial charge in [0.2, 0.25) is 0 Å². The summed E-state index contributed by atoms with van der Waals surface area (Å²) in [4.78, 5) is 10.5. The van der Waals surface area contributed by atoms with E-state index in [0.29, 0.717) is 6.08 Å². The summed E-state index contributed by atoms with van der Waals surface area (Å²) in [6.07, 6.45) is -7.20. The van der Waals surface area contributed by atoms with Crippen LogP contribution in [0.2, 0.25) is 0 Å². The minimum atomic E-state index is -4.65. The van der Waals surface area contributed by atoms with Crippen LogP contribution in [0.4, 0.5) is 22.0 Å². The number of alkyl halides is 5. The number of esters is 1. The maximum atomic E-state index is 11.8. The lowest BCUT2D eigenvalue weighted by Gasteiger charge is -2.06. The maximum absolute atomic E-state index is 11.8. The number of hydrogen-bond acceptors (Lipinski definition) is 2. The largest absolute Gasteiger partial charge is 0.453 e. The predicted octanol–water partition coefficient (Wildman–Crippen LogP) is 2.30. The SMILES string of the molecule is CC(=CC(=O)OCC(F)(F)F)C(F)F. The molecule has 7 heteroatoms. The Labute approximate surface area is 76.3 Å². The van der Waals surface area contributed by atoms with E-state index in [1.165, 1.54) is 0 Å². The van der Waals surface area contributed by atoms with Crippen LogP contribution in [0.25, 0.3) is 0 Å². The van der Waals surface area contributed by atoms with Gasteiger partial charge in [-0.1, -0.05) is 0 Å². The standard InChI is InChI=1S/C7H7F5O2/c1-4(6(8)9)2-5(13)14-3-7(10,11)12/h2,6H,3H2,1H3. The van der Waals surface area contributed by atoms with Crippen LogP contribution in [0.3, 0.4) is 0 Å². The molecule has 0 saturated carbocycles. The van der Waals surface area contributed by atoms with Gasteiger partial charge in [-0.25, -0.2) is 13.6 Å². The van der Waals surface area contributed by atoms with Crippen molar-refractivity contribution in [3.8, 4) is 0 Å². The Balaban J connectivity index is 4.06. The third-order valence-corrected chi connectivity index (χ3v) is 1.07. The van der Waals surface area contributed by atoms with Gasteiger partial charge in [-0.15, -0.1) is 0 Å². The number of carbonyl (C=O) groups is 1. The van der Waals surface area contributed by atoms with Crippen molar-refractivity contribution >= 4 is 5.97 Å². The van der Waals surface area contributed by atoms with Crippen molar-refractivity contribution in [2.75, 3.05) is 6.61 Å². The summed E-state index contributed by atoms with van der Waals surface area (Å²) in [5, 5.41) is 0. The molecule has 2 nitrogen and oxygen atoms in total. The van der Waals surface area contributed by atoms with Crippen LogP contribution in [-0.4, -0.2) is 25.2 Å². The molecule has 0 rings (SSSR count). The molecule has 0 amide bonds. The average molecular weight is 218 g/mol. The molecule has 0 aromatic carbocycles. The maximum Gasteiger partial charge on any atom is 0.422 e. The molecule has 82 valence electrons. The highest BCUT2D eigenvalue weighted by Crippen LogP contribution is 2.15. The number of rotatable bonds is 3. The van der Waals surface area contributed by atoms with Gasteiger partial charge in [0.25, 0.3) is 6.43 Å². The average Bonchev–Trinajstić information content (AvgIpc) is 1.99. The number of carbonyl (C=O) groups excluding carboxylic acids is 1. The molecule has 0 radical (unpaired) electrons. The summed E-state index contributed by atoms with van der Waals surface area (Å²) < 4.78 is 61.6. The van der Waals surface area contributed by atoms with Crippen molar-refractivity contribution < 1.29 is 31.5 Å². The molecule has 0 aromatic heterocycles. The van der Waals surface area contributed by atoms with E-state index in [1.54, 1.807) is 0 Å². The summed E-state index contributed by atoms with van der Waals surface area (Å²) in [7, 11) is 0. The van der Waals surface area contributed by atoms with Crippen LogP contribution >= 0.6 is 0 Å². The quantitative estimate of drug-likeness (QED) is 0.412. The third kappa shape index (κ3) is 6.38. The van der Waals surface area contributed by atoms with Crippen molar-refractivity contribution in [3.05, 3.63) is 11.6 Å². The van der Waals surface area contributed by atoms with E-state index in [-0.39, 0.29) is 0 Å². The number of ether oxygens (including phenoxy) is 1. The van der Waals surface area contributed by atoms with Gasteiger partial charge in [0.05, 0.1) is 0 Å². The van der Waals surface area contributed by atoms with Crippen molar-refractivity contribution in [1.29, 1.82) is 0 Å². The van der Waals surface area contributed by atoms with E-state index in [0.717, 1.165) is 6.92 Å². The van der Waals surface area contributed by atoms with Gasteiger partial charge < -0.3 is 4.74 Å². The van der Waals surface area contributed by atoms with Crippen molar-refractivity contribution in [3.63, 3.8) is 0 Å². The molecule has 0 atom stereocenters. The van der Waals surface area contributed by atoms with Crippen LogP contribution in [0.1, 0.15) is 6.92 Å². The van der Waals surface area contributed by atoms with Crippen LogP contribution in [0, 0.1) is 0 Å². The minimum Gasteiger partial charge on any atom is -0.453 e. The van der Waals surface area contributed by atoms with Crippen LogP contribution in [0.5, 0.6) is 0 Å². The molecule has 0 aliphatic rings. The van der Waals surface area contributed by atoms with Gasteiger partial charge in [0.1, 0.15) is 0 Å². The first kappa shape index (κ1) is 12.9. The van der Waals surface area contributed by atoms with Gasteiger partial charge in [0.15, 0.2) is 6.61 Å². The molecule has 0 N–H and O–H groups in total. The highest BCUT2D eigenvalue weighted by Gasteiger charge is 2.29. The third-order valence-electron chi connectivity index (χ3n) is 1.07. The minimum absolute atomic E-state index is 0.330. The lowest BCUT2D eigenvalue weighted by atomic mass is 10.3. The second kappa shape index (κ2) is 4.92. The van der Waals surface area contributed by atoms with Crippen molar-refractivity contribution in [2.24, 2.45) is 0 Å². The highest BCUT2D eigenvalue weighted by molar-refractivity contribution is 5.82. The fourth-order valence-electron chi connectivity index (χ4n) is 0.444. The monoisotopic (exact) mass is 218 g/mol. The van der Waals surface area contributed by atoms with E-state index in [1.807, 2.05) is 0 Å². The lowest BCUT2D eigenvalue weighted by Crippen LogP contribution is -2.19. The molecule has 14 heavy (non-hydrogen) atoms. The number of halogens is 5. The van der Waals surface area contributed by atoms with Crippen LogP contribution < -0.4 is 0 Å². The van der Waals surface area contributed by atoms with Gasteiger partial charge >= 0.3 is 12.1 Å². The topological polar surface area (TPSA) is 26.3 Å². The highest BCUT2D eigenvalue weighted by atomic mass is 19.4. The van der Waals surface area contributed by atoms with Crippen molar-refractivity contribution in [1.82, 2.24) is 0 Å². The molecule has 0 aliphatic heterocycles. The number of hydrogen-bond donors (Lipinski definition) is 0. The summed E-state index contributed by atoms with van der Waals surface area (Å²) in [6, 6.07) is 0. The molecule has 0 spiro atoms. The fraction of sp³-hybridized carbons (Fsp3) is 0.571. The summed E-state index contributed by atoms with van der Waals surface area (Å²) in [5.41, 5.74) is -0.642. The Kier molecular flexibility index (Phi) is 4.52. The molecule has 0 saturated heterocycles. The van der Waals surface area contributed by atoms with Crippen LogP contribution in [-0.2, 0) is 9.53 Å². The van der Waals surface area contributed by atoms with Gasteiger partial charge in [-0.05, 0) is 12.5 Å². The molecule has 0 fully saturated rings. The normalized spacial score (nSPS) is 13.2. The van der Waals surface area contributed by atoms with Crippen molar-refractivity contribution in [2.45, 2.75) is 19.5 Å². The first-order valence-electron chi connectivity index (χ1n) is 3.42. The lowest BCUT2D eigenvalue weighted by molar-refractivity contribution is -0.182. The Hall–Kier alpha value is -1.14. The van der Waals surface area contributed by atoms with E-state index in [4.69, 9.17) is 0 Å². The Morgan fingerprint density at radius 3 is 2.29 bits per heavy atom. The van der Waals surface area contributed by atoms with Gasteiger partial charge in [-0.2, -0.15) is 13.2 Å². The first-order chi connectivity index (χ1) is 6.22. The molecule has 0 aliphatic carbocycles. The number of allylic oxidation sites excluding steroid dienone is 1. The predicted molar refractivity (Wildman–Crippen MR) is 36.8 cm³/mol. The second-order valence-corrected chi connectivity index (χ2v) is 2.41. The Morgan fingerprint density at radius 2 is 1.93 bits per heavy atom. The van der Waals surface area contributed by atoms with E-state index in [9.17, 15) is 26.7 Å². The molecular weight excluding hydrogens is 211 g/mol. The first-order valence-corrected chi connectivity index (χ1v) is 3.42. The summed E-state index contributed by atoms with van der Waals surface area (Å²) in [6.45, 7) is -0.863. The van der Waals surface area contributed by atoms with Gasteiger partial charge in [-0.3, -0.25) is 0 Å². The van der Waals surface area contributed by atoms with Crippen LogP contribution in [0.15, 0.2) is 11.6 Å². The van der Waals surface area contributed by atoms with E-state index in [2.05, 4.69) is 4.74 Å². The second-order valence-electron chi connectivity index (χ2n) is 2.41. The van der Waals surface area contributed by atoms with E-state index >= 15 is 0 Å². The molecular formula is C7H7F5O2. The zero-order valence-corrected chi connectivity index (χ0v) is 7.07. The molecule has 0 heterocycles. The van der Waals surface area contributed by atoms with Gasteiger partial charge in [0, 0.05) is 6.08 Å². The van der Waals surface area contributed by atoms with E-state index < -0.39 is 30.8 Å². The molecule has 0 unspecified atom stereocenters. The molecule has 0 bridgehead atoms. The summed E-state index contributed by atoms with van der Waals surface area (Å²) >= 11 is 0.